The van der Waals surface area contributed by atoms with Gasteiger partial charge in [0.15, 0.2) is 0 Å². The second kappa shape index (κ2) is 16.5. The smallest absolute Gasteiger partial charge is 0.407 e. The Kier molecular flexibility index (Phi) is 11.2. The summed E-state index contributed by atoms with van der Waals surface area (Å²) in [5, 5.41) is 18.8. The standard InChI is InChI=1S/C43H48N8O6S2/c1-22(2)34(48-42(54)55)40(52)50-16-6-8-32(50)38-44-19-31(47-38)25-12-10-24(11-13-25)27-20-58-37-28(21-59-36(27)37)26-14-15-29-30(18-26)46-39(45-29)33-9-7-17-51(33)41(53)35(23(3)4)49-43(56)57-5/h10-15,18-23,32-35,48H,6-9,16-17H2,1-5H3,(H,44,47)(H,45,46)(H,49,56)(H,54,55)/t32?,33?,34-,35-/m0/s1. The van der Waals surface area contributed by atoms with E-state index in [1.54, 1.807) is 33.8 Å². The van der Waals surface area contributed by atoms with Crippen molar-refractivity contribution in [2.75, 3.05) is 20.2 Å². The van der Waals surface area contributed by atoms with E-state index >= 15 is 0 Å². The van der Waals surface area contributed by atoms with Crippen molar-refractivity contribution in [1.82, 2.24) is 40.4 Å². The third-order valence-electron chi connectivity index (χ3n) is 11.5. The minimum atomic E-state index is -1.21. The van der Waals surface area contributed by atoms with E-state index in [1.807, 2.05) is 38.7 Å². The first kappa shape index (κ1) is 40.1. The van der Waals surface area contributed by atoms with Crippen LogP contribution in [0.15, 0.2) is 59.4 Å². The molecule has 4 aromatic heterocycles. The van der Waals surface area contributed by atoms with Gasteiger partial charge in [0.1, 0.15) is 23.7 Å². The van der Waals surface area contributed by atoms with E-state index in [0.29, 0.717) is 18.9 Å². The number of nitrogens with one attached hydrogen (secondary N) is 4. The van der Waals surface area contributed by atoms with Gasteiger partial charge in [0.05, 0.1) is 51.5 Å². The molecular weight excluding hydrogens is 789 g/mol. The second-order valence-corrected chi connectivity index (χ2v) is 17.7. The van der Waals surface area contributed by atoms with Gasteiger partial charge in [0.25, 0.3) is 0 Å². The average molecular weight is 837 g/mol. The van der Waals surface area contributed by atoms with Crippen LogP contribution in [0.3, 0.4) is 0 Å². The maximum atomic E-state index is 13.7. The Hall–Kier alpha value is -5.74. The van der Waals surface area contributed by atoms with Crippen molar-refractivity contribution in [3.63, 3.8) is 0 Å². The molecule has 5 N–H and O–H groups in total. The van der Waals surface area contributed by atoms with E-state index in [-0.39, 0.29) is 35.7 Å². The molecular formula is C43H48N8O6S2. The maximum Gasteiger partial charge on any atom is 0.407 e. The summed E-state index contributed by atoms with van der Waals surface area (Å²) >= 11 is 3.45. The summed E-state index contributed by atoms with van der Waals surface area (Å²) in [4.78, 5) is 70.7. The van der Waals surface area contributed by atoms with Crippen molar-refractivity contribution in [2.45, 2.75) is 77.5 Å². The van der Waals surface area contributed by atoms with E-state index in [1.165, 1.54) is 22.1 Å². The minimum absolute atomic E-state index is 0.109. The summed E-state index contributed by atoms with van der Waals surface area (Å²) in [6, 6.07) is 12.7. The SMILES string of the molecule is COC(=O)N[C@H](C(=O)N1CCCC1c1nc2ccc(-c3csc4c(-c5ccc(-c6cnc(C7CCCN7C(=O)[C@@H](NC(=O)O)C(C)C)[nH]6)cc5)csc34)cc2[nH]1)C(C)C. The molecule has 0 bridgehead atoms. The zero-order chi connectivity index (χ0) is 41.5. The molecule has 0 saturated carbocycles. The molecule has 4 atom stereocenters. The lowest BCUT2D eigenvalue weighted by Crippen LogP contribution is -2.51. The van der Waals surface area contributed by atoms with E-state index in [9.17, 15) is 24.3 Å². The summed E-state index contributed by atoms with van der Waals surface area (Å²) in [6.45, 7) is 8.64. The number of hydrogen-bond acceptors (Lipinski definition) is 9. The monoisotopic (exact) mass is 836 g/mol. The van der Waals surface area contributed by atoms with Gasteiger partial charge < -0.3 is 40.2 Å². The Morgan fingerprint density at radius 2 is 1.34 bits per heavy atom. The number of amides is 4. The number of carbonyl (C=O) groups excluding carboxylic acids is 3. The third-order valence-corrected chi connectivity index (χ3v) is 13.7. The van der Waals surface area contributed by atoms with Crippen LogP contribution >= 0.6 is 22.7 Å². The number of imidazole rings is 2. The molecule has 2 fully saturated rings. The first-order valence-corrected chi connectivity index (χ1v) is 21.8. The average Bonchev–Trinajstić information content (AvgIpc) is 4.07. The topological polar surface area (TPSA) is 186 Å². The highest BCUT2D eigenvalue weighted by atomic mass is 32.1. The van der Waals surface area contributed by atoms with E-state index < -0.39 is 24.3 Å². The molecule has 6 aromatic rings. The van der Waals surface area contributed by atoms with Crippen molar-refractivity contribution < 1.29 is 29.0 Å². The van der Waals surface area contributed by atoms with Crippen molar-refractivity contribution in [1.29, 1.82) is 0 Å². The quantitative estimate of drug-likeness (QED) is 0.0859. The largest absolute Gasteiger partial charge is 0.465 e. The van der Waals surface area contributed by atoms with Crippen molar-refractivity contribution >= 4 is 67.1 Å². The lowest BCUT2D eigenvalue weighted by molar-refractivity contribution is -0.136. The predicted octanol–water partition coefficient (Wildman–Crippen LogP) is 8.56. The van der Waals surface area contributed by atoms with Gasteiger partial charge in [0.2, 0.25) is 11.8 Å². The number of alkyl carbamates (subject to hydrolysis) is 1. The second-order valence-electron chi connectivity index (χ2n) is 16.0. The Labute approximate surface area is 349 Å². The molecule has 2 aliphatic rings. The number of aromatic nitrogens is 4. The van der Waals surface area contributed by atoms with Crippen LogP contribution in [0.25, 0.3) is 53.9 Å². The third kappa shape index (κ3) is 7.78. The summed E-state index contributed by atoms with van der Waals surface area (Å²) < 4.78 is 7.22. The van der Waals surface area contributed by atoms with Gasteiger partial charge in [-0.2, -0.15) is 0 Å². The first-order valence-electron chi connectivity index (χ1n) is 20.0. The highest BCUT2D eigenvalue weighted by Crippen LogP contribution is 2.45. The fourth-order valence-corrected chi connectivity index (χ4v) is 10.8. The van der Waals surface area contributed by atoms with Crippen molar-refractivity contribution in [3.05, 3.63) is 71.1 Å². The first-order chi connectivity index (χ1) is 28.4. The fraction of sp³-hybridized carbons (Fsp3) is 0.395. The van der Waals surface area contributed by atoms with Gasteiger partial charge in [-0.05, 0) is 66.3 Å². The predicted molar refractivity (Wildman–Crippen MR) is 229 cm³/mol. The molecule has 2 aliphatic heterocycles. The summed E-state index contributed by atoms with van der Waals surface area (Å²) in [6.07, 6.45) is 3.17. The van der Waals surface area contributed by atoms with Gasteiger partial charge in [0, 0.05) is 35.0 Å². The number of hydrogen-bond donors (Lipinski definition) is 5. The Bertz CT molecular complexity index is 2520. The molecule has 2 unspecified atom stereocenters. The number of carboxylic acid groups (broad SMARTS) is 1. The maximum absolute atomic E-state index is 13.7. The summed E-state index contributed by atoms with van der Waals surface area (Å²) in [5.74, 6) is 0.785. The van der Waals surface area contributed by atoms with E-state index in [0.717, 1.165) is 70.5 Å². The fourth-order valence-electron chi connectivity index (χ4n) is 8.39. The molecule has 0 spiro atoms. The molecule has 0 aliphatic carbocycles. The number of fused-ring (bicyclic) bond motifs is 2. The molecule has 2 aromatic carbocycles. The molecule has 2 saturated heterocycles. The van der Waals surface area contributed by atoms with Gasteiger partial charge in [-0.3, -0.25) is 9.59 Å². The summed E-state index contributed by atoms with van der Waals surface area (Å²) in [7, 11) is 1.29. The van der Waals surface area contributed by atoms with E-state index in [4.69, 9.17) is 9.72 Å². The number of methoxy groups -OCH3 is 1. The minimum Gasteiger partial charge on any atom is -0.465 e. The zero-order valence-electron chi connectivity index (χ0n) is 33.6. The normalized spacial score (nSPS) is 17.9. The van der Waals surface area contributed by atoms with Crippen LogP contribution in [0.5, 0.6) is 0 Å². The van der Waals surface area contributed by atoms with Gasteiger partial charge in [-0.1, -0.05) is 58.0 Å². The summed E-state index contributed by atoms with van der Waals surface area (Å²) in [5.41, 5.74) is 8.08. The van der Waals surface area contributed by atoms with Gasteiger partial charge in [-0.15, -0.1) is 22.7 Å². The van der Waals surface area contributed by atoms with Crippen LogP contribution in [-0.4, -0.2) is 91.1 Å². The molecule has 308 valence electrons. The number of nitrogens with zero attached hydrogens (tertiary/aromatic N) is 4. The number of thiophene rings is 2. The number of ether oxygens (including phenoxy) is 1. The molecule has 4 amide bonds. The highest BCUT2D eigenvalue weighted by molar-refractivity contribution is 7.27. The van der Waals surface area contributed by atoms with Crippen LogP contribution in [-0.2, 0) is 14.3 Å². The van der Waals surface area contributed by atoms with Crippen LogP contribution in [0.2, 0.25) is 0 Å². The Morgan fingerprint density at radius 1 is 0.780 bits per heavy atom. The van der Waals surface area contributed by atoms with Gasteiger partial charge in [-0.25, -0.2) is 19.6 Å². The van der Waals surface area contributed by atoms with Crippen LogP contribution in [0.4, 0.5) is 9.59 Å². The number of rotatable bonds is 11. The Morgan fingerprint density at radius 3 is 1.93 bits per heavy atom. The van der Waals surface area contributed by atoms with Crippen LogP contribution in [0.1, 0.15) is 77.1 Å². The van der Waals surface area contributed by atoms with Gasteiger partial charge >= 0.3 is 12.2 Å². The molecule has 16 heteroatoms. The number of carbonyl (C=O) groups is 4. The number of benzene rings is 2. The van der Waals surface area contributed by atoms with Crippen molar-refractivity contribution in [3.8, 4) is 33.5 Å². The molecule has 59 heavy (non-hydrogen) atoms. The lowest BCUT2D eigenvalue weighted by atomic mass is 10.0. The Balaban J connectivity index is 0.981. The van der Waals surface area contributed by atoms with Crippen LogP contribution < -0.4 is 10.6 Å². The number of aromatic amines is 2. The zero-order valence-corrected chi connectivity index (χ0v) is 35.2. The molecule has 6 heterocycles. The highest BCUT2D eigenvalue weighted by Gasteiger charge is 2.39. The lowest BCUT2D eigenvalue weighted by Gasteiger charge is -2.29. The molecule has 8 rings (SSSR count). The molecule has 14 nitrogen and oxygen atoms in total. The van der Waals surface area contributed by atoms with Crippen molar-refractivity contribution in [2.24, 2.45) is 11.8 Å². The number of H-pyrrole nitrogens is 2. The van der Waals surface area contributed by atoms with Crippen LogP contribution in [0, 0.1) is 11.8 Å². The molecule has 0 radical (unpaired) electrons. The van der Waals surface area contributed by atoms with E-state index in [2.05, 4.69) is 72.7 Å². The number of likely N-dealkylation sites (tertiary alicyclic amines) is 2.